The molecule has 0 bridgehead atoms. The summed E-state index contributed by atoms with van der Waals surface area (Å²) < 4.78 is 2.35. The fraction of sp³-hybridized carbons (Fsp3) is 0.0227. The van der Waals surface area contributed by atoms with Crippen LogP contribution in [0.25, 0.3) is 82.4 Å². The average Bonchev–Trinajstić information content (AvgIpc) is 3.45. The van der Waals surface area contributed by atoms with Crippen LogP contribution in [0.4, 0.5) is 0 Å². The van der Waals surface area contributed by atoms with Crippen LogP contribution in [0, 0.1) is 6.92 Å². The maximum absolute atomic E-state index is 4.52. The summed E-state index contributed by atoms with van der Waals surface area (Å²) in [4.78, 5) is 4.52. The molecule has 0 aliphatic heterocycles. The van der Waals surface area contributed by atoms with Crippen LogP contribution in [0.2, 0.25) is 0 Å². The Labute approximate surface area is 267 Å². The number of benzene rings is 7. The second-order valence-electron chi connectivity index (χ2n) is 12.1. The van der Waals surface area contributed by atoms with Crippen molar-refractivity contribution < 1.29 is 0 Å². The number of aryl methyl sites for hydroxylation is 1. The largest absolute Gasteiger partial charge is 0.309 e. The van der Waals surface area contributed by atoms with E-state index in [-0.39, 0.29) is 0 Å². The molecule has 2 aromatic heterocycles. The van der Waals surface area contributed by atoms with E-state index in [2.05, 4.69) is 168 Å². The van der Waals surface area contributed by atoms with Gasteiger partial charge < -0.3 is 4.57 Å². The van der Waals surface area contributed by atoms with E-state index >= 15 is 0 Å². The van der Waals surface area contributed by atoms with Gasteiger partial charge in [0.15, 0.2) is 0 Å². The minimum absolute atomic E-state index is 1.16. The Balaban J connectivity index is 1.26. The molecule has 216 valence electrons. The van der Waals surface area contributed by atoms with Gasteiger partial charge >= 0.3 is 0 Å². The first-order chi connectivity index (χ1) is 22.7. The Morgan fingerprint density at radius 2 is 1.00 bits per heavy atom. The molecule has 0 atom stereocenters. The minimum Gasteiger partial charge on any atom is -0.309 e. The molecule has 9 rings (SSSR count). The lowest BCUT2D eigenvalue weighted by Crippen LogP contribution is -1.94. The number of hydrogen-bond acceptors (Lipinski definition) is 1. The lowest BCUT2D eigenvalue weighted by Gasteiger charge is -2.18. The summed E-state index contributed by atoms with van der Waals surface area (Å²) in [6.07, 6.45) is 3.88. The van der Waals surface area contributed by atoms with Gasteiger partial charge in [-0.1, -0.05) is 115 Å². The molecule has 2 nitrogen and oxygen atoms in total. The molecule has 2 heteroatoms. The summed E-state index contributed by atoms with van der Waals surface area (Å²) in [5.41, 5.74) is 12.2. The van der Waals surface area contributed by atoms with Crippen molar-refractivity contribution in [1.82, 2.24) is 9.55 Å². The standard InChI is InChI=1S/C44H30N2/c1-29-11-9-16-34(25-29)46-41-22-21-32(27-39(41)40-28-45-24-23-42(40)46)31-14-10-15-33(26-31)44-37-19-7-5-17-35(37)43(30-12-3-2-4-13-30)36-18-6-8-20-38(36)44/h2-28H,1H3. The lowest BCUT2D eigenvalue weighted by atomic mass is 9.85. The van der Waals surface area contributed by atoms with E-state index in [9.17, 15) is 0 Å². The van der Waals surface area contributed by atoms with Gasteiger partial charge in [-0.2, -0.15) is 0 Å². The number of hydrogen-bond donors (Lipinski definition) is 0. The quantitative estimate of drug-likeness (QED) is 0.188. The summed E-state index contributed by atoms with van der Waals surface area (Å²) in [6, 6.07) is 55.2. The van der Waals surface area contributed by atoms with Gasteiger partial charge in [-0.05, 0) is 104 Å². The number of fused-ring (bicyclic) bond motifs is 5. The van der Waals surface area contributed by atoms with Crippen LogP contribution in [-0.2, 0) is 0 Å². The Morgan fingerprint density at radius 1 is 0.413 bits per heavy atom. The first-order valence-corrected chi connectivity index (χ1v) is 15.8. The zero-order valence-electron chi connectivity index (χ0n) is 25.5. The summed E-state index contributed by atoms with van der Waals surface area (Å²) in [5, 5.41) is 7.43. The Kier molecular flexibility index (Phi) is 6.07. The molecule has 0 unspecified atom stereocenters. The van der Waals surface area contributed by atoms with Gasteiger partial charge in [0.25, 0.3) is 0 Å². The molecule has 0 N–H and O–H groups in total. The fourth-order valence-corrected chi connectivity index (χ4v) is 7.30. The number of aromatic nitrogens is 2. The van der Waals surface area contributed by atoms with Crippen LogP contribution in [0.5, 0.6) is 0 Å². The summed E-state index contributed by atoms with van der Waals surface area (Å²) in [7, 11) is 0. The molecular formula is C44H30N2. The zero-order valence-corrected chi connectivity index (χ0v) is 25.5. The molecule has 0 fully saturated rings. The molecule has 0 aliphatic rings. The van der Waals surface area contributed by atoms with Crippen LogP contribution in [0.3, 0.4) is 0 Å². The molecule has 0 spiro atoms. The van der Waals surface area contributed by atoms with Crippen molar-refractivity contribution in [3.05, 3.63) is 170 Å². The van der Waals surface area contributed by atoms with Crippen molar-refractivity contribution in [2.24, 2.45) is 0 Å². The average molecular weight is 587 g/mol. The highest BCUT2D eigenvalue weighted by molar-refractivity contribution is 6.21. The van der Waals surface area contributed by atoms with Crippen molar-refractivity contribution in [2.45, 2.75) is 6.92 Å². The zero-order chi connectivity index (χ0) is 30.6. The highest BCUT2D eigenvalue weighted by Crippen LogP contribution is 2.44. The molecule has 0 aliphatic carbocycles. The topological polar surface area (TPSA) is 17.8 Å². The predicted molar refractivity (Wildman–Crippen MR) is 195 cm³/mol. The van der Waals surface area contributed by atoms with Crippen molar-refractivity contribution in [1.29, 1.82) is 0 Å². The van der Waals surface area contributed by atoms with Crippen LogP contribution in [0.15, 0.2) is 164 Å². The number of rotatable bonds is 4. The number of pyridine rings is 1. The van der Waals surface area contributed by atoms with Crippen molar-refractivity contribution in [3.63, 3.8) is 0 Å². The van der Waals surface area contributed by atoms with Crippen LogP contribution in [-0.4, -0.2) is 9.55 Å². The van der Waals surface area contributed by atoms with Gasteiger partial charge in [-0.3, -0.25) is 4.98 Å². The van der Waals surface area contributed by atoms with Crippen LogP contribution < -0.4 is 0 Å². The van der Waals surface area contributed by atoms with Gasteiger partial charge in [-0.15, -0.1) is 0 Å². The molecule has 0 saturated heterocycles. The van der Waals surface area contributed by atoms with Crippen LogP contribution >= 0.6 is 0 Å². The first kappa shape index (κ1) is 26.4. The minimum atomic E-state index is 1.16. The third-order valence-electron chi connectivity index (χ3n) is 9.30. The summed E-state index contributed by atoms with van der Waals surface area (Å²) in [5.74, 6) is 0. The molecule has 46 heavy (non-hydrogen) atoms. The highest BCUT2D eigenvalue weighted by atomic mass is 15.0. The van der Waals surface area contributed by atoms with E-state index in [4.69, 9.17) is 0 Å². The van der Waals surface area contributed by atoms with Gasteiger partial charge in [0.2, 0.25) is 0 Å². The van der Waals surface area contributed by atoms with Crippen molar-refractivity contribution in [3.8, 4) is 39.1 Å². The second-order valence-corrected chi connectivity index (χ2v) is 12.1. The molecule has 0 radical (unpaired) electrons. The summed E-state index contributed by atoms with van der Waals surface area (Å²) in [6.45, 7) is 2.14. The van der Waals surface area contributed by atoms with Crippen LogP contribution in [0.1, 0.15) is 5.56 Å². The third kappa shape index (κ3) is 4.15. The van der Waals surface area contributed by atoms with E-state index in [1.54, 1.807) is 0 Å². The molecule has 9 aromatic rings. The fourth-order valence-electron chi connectivity index (χ4n) is 7.30. The van der Waals surface area contributed by atoms with E-state index in [1.165, 1.54) is 77.1 Å². The van der Waals surface area contributed by atoms with E-state index in [0.29, 0.717) is 0 Å². The van der Waals surface area contributed by atoms with E-state index in [1.807, 2.05) is 12.4 Å². The summed E-state index contributed by atoms with van der Waals surface area (Å²) >= 11 is 0. The molecule has 7 aromatic carbocycles. The third-order valence-corrected chi connectivity index (χ3v) is 9.30. The lowest BCUT2D eigenvalue weighted by molar-refractivity contribution is 1.17. The van der Waals surface area contributed by atoms with Crippen molar-refractivity contribution >= 4 is 43.4 Å². The molecule has 0 amide bonds. The molecular weight excluding hydrogens is 556 g/mol. The monoisotopic (exact) mass is 586 g/mol. The Bertz CT molecular complexity index is 2530. The van der Waals surface area contributed by atoms with E-state index < -0.39 is 0 Å². The van der Waals surface area contributed by atoms with Gasteiger partial charge in [0.1, 0.15) is 0 Å². The smallest absolute Gasteiger partial charge is 0.0571 e. The van der Waals surface area contributed by atoms with Gasteiger partial charge in [0, 0.05) is 28.9 Å². The second kappa shape index (κ2) is 10.6. The van der Waals surface area contributed by atoms with Gasteiger partial charge in [0.05, 0.1) is 11.0 Å². The van der Waals surface area contributed by atoms with Crippen molar-refractivity contribution in [2.75, 3.05) is 0 Å². The highest BCUT2D eigenvalue weighted by Gasteiger charge is 2.18. The maximum atomic E-state index is 4.52. The normalized spacial score (nSPS) is 11.6. The van der Waals surface area contributed by atoms with E-state index in [0.717, 1.165) is 10.9 Å². The molecule has 0 saturated carbocycles. The Morgan fingerprint density at radius 3 is 1.72 bits per heavy atom. The van der Waals surface area contributed by atoms with Gasteiger partial charge in [-0.25, -0.2) is 0 Å². The Hall–Kier alpha value is -5.99. The number of nitrogens with zero attached hydrogens (tertiary/aromatic N) is 2. The maximum Gasteiger partial charge on any atom is 0.0571 e. The molecule has 2 heterocycles. The SMILES string of the molecule is Cc1cccc(-n2c3ccncc3c3cc(-c4cccc(-c5c6ccccc6c(-c6ccccc6)c6ccccc56)c4)ccc32)c1. The first-order valence-electron chi connectivity index (χ1n) is 15.8. The predicted octanol–water partition coefficient (Wildman–Crippen LogP) is 11.8.